The summed E-state index contributed by atoms with van der Waals surface area (Å²) >= 11 is 0. The number of methoxy groups -OCH3 is 1. The third-order valence-electron chi connectivity index (χ3n) is 2.29. The molecule has 0 aromatic rings. The summed E-state index contributed by atoms with van der Waals surface area (Å²) < 4.78 is 5.16. The first-order chi connectivity index (χ1) is 6.26. The summed E-state index contributed by atoms with van der Waals surface area (Å²) in [5.74, 6) is 0.571. The fraction of sp³-hybridized carbons (Fsp3) is 0.889. The van der Waals surface area contributed by atoms with E-state index >= 15 is 0 Å². The van der Waals surface area contributed by atoms with Gasteiger partial charge >= 0.3 is 0 Å². The molecule has 0 spiro atoms. The zero-order valence-corrected chi connectivity index (χ0v) is 8.42. The van der Waals surface area contributed by atoms with E-state index in [0.29, 0.717) is 18.1 Å². The van der Waals surface area contributed by atoms with Crippen molar-refractivity contribution in [1.29, 1.82) is 0 Å². The highest BCUT2D eigenvalue weighted by Crippen LogP contribution is 2.21. The van der Waals surface area contributed by atoms with Crippen LogP contribution in [-0.4, -0.2) is 31.8 Å². The average molecular weight is 185 g/mol. The van der Waals surface area contributed by atoms with Gasteiger partial charge in [0.15, 0.2) is 5.96 Å². The summed E-state index contributed by atoms with van der Waals surface area (Å²) in [6.45, 7) is 2.89. The van der Waals surface area contributed by atoms with Crippen molar-refractivity contribution >= 4 is 5.96 Å². The Kier molecular flexibility index (Phi) is 4.02. The number of aliphatic imine (C=N–C) groups is 1. The maximum absolute atomic E-state index is 5.66. The van der Waals surface area contributed by atoms with E-state index in [-0.39, 0.29) is 0 Å². The SMILES string of the molecule is CCCN=C(N)NC1CC(OC)C1. The highest BCUT2D eigenvalue weighted by Gasteiger charge is 2.28. The van der Waals surface area contributed by atoms with Gasteiger partial charge in [-0.25, -0.2) is 0 Å². The molecule has 4 heteroatoms. The molecule has 0 atom stereocenters. The number of guanidine groups is 1. The Hall–Kier alpha value is -0.770. The zero-order chi connectivity index (χ0) is 9.68. The molecule has 0 aliphatic heterocycles. The summed E-state index contributed by atoms with van der Waals surface area (Å²) in [6.07, 6.45) is 3.53. The van der Waals surface area contributed by atoms with Crippen LogP contribution in [0.15, 0.2) is 4.99 Å². The molecule has 76 valence electrons. The van der Waals surface area contributed by atoms with Crippen molar-refractivity contribution in [3.05, 3.63) is 0 Å². The van der Waals surface area contributed by atoms with Gasteiger partial charge in [-0.1, -0.05) is 6.92 Å². The number of nitrogens with two attached hydrogens (primary N) is 1. The first kappa shape index (κ1) is 10.3. The van der Waals surface area contributed by atoms with Gasteiger partial charge in [0.25, 0.3) is 0 Å². The van der Waals surface area contributed by atoms with Crippen molar-refractivity contribution in [2.45, 2.75) is 38.3 Å². The first-order valence-electron chi connectivity index (χ1n) is 4.85. The van der Waals surface area contributed by atoms with Crippen LogP contribution in [0.5, 0.6) is 0 Å². The molecule has 1 saturated carbocycles. The summed E-state index contributed by atoms with van der Waals surface area (Å²) in [5, 5.41) is 3.16. The van der Waals surface area contributed by atoms with Crippen LogP contribution in [0.25, 0.3) is 0 Å². The second-order valence-corrected chi connectivity index (χ2v) is 3.44. The van der Waals surface area contributed by atoms with Crippen molar-refractivity contribution in [2.75, 3.05) is 13.7 Å². The molecule has 3 N–H and O–H groups in total. The Morgan fingerprint density at radius 3 is 2.85 bits per heavy atom. The summed E-state index contributed by atoms with van der Waals surface area (Å²) in [6, 6.07) is 0.463. The maximum Gasteiger partial charge on any atom is 0.188 e. The first-order valence-corrected chi connectivity index (χ1v) is 4.85. The van der Waals surface area contributed by atoms with Crippen molar-refractivity contribution in [1.82, 2.24) is 5.32 Å². The van der Waals surface area contributed by atoms with Gasteiger partial charge in [0.1, 0.15) is 0 Å². The minimum Gasteiger partial charge on any atom is -0.381 e. The molecule has 4 nitrogen and oxygen atoms in total. The van der Waals surface area contributed by atoms with Gasteiger partial charge in [0, 0.05) is 19.7 Å². The zero-order valence-electron chi connectivity index (χ0n) is 8.42. The lowest BCUT2D eigenvalue weighted by Crippen LogP contribution is -2.50. The Morgan fingerprint density at radius 1 is 1.62 bits per heavy atom. The Balaban J connectivity index is 2.12. The fourth-order valence-corrected chi connectivity index (χ4v) is 1.36. The van der Waals surface area contributed by atoms with Crippen molar-refractivity contribution in [3.8, 4) is 0 Å². The van der Waals surface area contributed by atoms with Gasteiger partial charge < -0.3 is 15.8 Å². The molecule has 1 fully saturated rings. The van der Waals surface area contributed by atoms with Gasteiger partial charge in [0.2, 0.25) is 0 Å². The van der Waals surface area contributed by atoms with Crippen LogP contribution in [0.4, 0.5) is 0 Å². The third-order valence-corrected chi connectivity index (χ3v) is 2.29. The molecular weight excluding hydrogens is 166 g/mol. The molecule has 0 saturated heterocycles. The van der Waals surface area contributed by atoms with E-state index in [4.69, 9.17) is 10.5 Å². The monoisotopic (exact) mass is 185 g/mol. The maximum atomic E-state index is 5.66. The van der Waals surface area contributed by atoms with E-state index in [1.54, 1.807) is 7.11 Å². The quantitative estimate of drug-likeness (QED) is 0.494. The molecule has 0 radical (unpaired) electrons. The molecule has 1 rings (SSSR count). The van der Waals surface area contributed by atoms with Crippen LogP contribution in [0, 0.1) is 0 Å². The number of nitrogens with zero attached hydrogens (tertiary/aromatic N) is 1. The van der Waals surface area contributed by atoms with Crippen LogP contribution in [-0.2, 0) is 4.74 Å². The molecule has 0 heterocycles. The molecule has 0 aromatic heterocycles. The summed E-state index contributed by atoms with van der Waals surface area (Å²) in [4.78, 5) is 4.16. The van der Waals surface area contributed by atoms with Crippen LogP contribution < -0.4 is 11.1 Å². The lowest BCUT2D eigenvalue weighted by molar-refractivity contribution is 0.0225. The minimum atomic E-state index is 0.413. The predicted molar refractivity (Wildman–Crippen MR) is 53.7 cm³/mol. The Morgan fingerprint density at radius 2 is 2.31 bits per heavy atom. The Bertz CT molecular complexity index is 176. The van der Waals surface area contributed by atoms with Gasteiger partial charge in [-0.2, -0.15) is 0 Å². The number of rotatable bonds is 4. The molecular formula is C9H19N3O. The Labute approximate surface area is 79.6 Å². The molecule has 0 bridgehead atoms. The largest absolute Gasteiger partial charge is 0.381 e. The number of ether oxygens (including phenoxy) is 1. The van der Waals surface area contributed by atoms with E-state index in [0.717, 1.165) is 25.8 Å². The van der Waals surface area contributed by atoms with Gasteiger partial charge in [-0.15, -0.1) is 0 Å². The topological polar surface area (TPSA) is 59.6 Å². The van der Waals surface area contributed by atoms with Gasteiger partial charge in [-0.3, -0.25) is 4.99 Å². The molecule has 1 aliphatic rings. The lowest BCUT2D eigenvalue weighted by Gasteiger charge is -2.34. The van der Waals surface area contributed by atoms with Crippen molar-refractivity contribution in [2.24, 2.45) is 10.7 Å². The van der Waals surface area contributed by atoms with Gasteiger partial charge in [0.05, 0.1) is 6.10 Å². The van der Waals surface area contributed by atoms with Crippen LogP contribution in [0.3, 0.4) is 0 Å². The van der Waals surface area contributed by atoms with Crippen molar-refractivity contribution in [3.63, 3.8) is 0 Å². The molecule has 13 heavy (non-hydrogen) atoms. The van der Waals surface area contributed by atoms with Crippen LogP contribution in [0.1, 0.15) is 26.2 Å². The second-order valence-electron chi connectivity index (χ2n) is 3.44. The highest BCUT2D eigenvalue weighted by atomic mass is 16.5. The normalized spacial score (nSPS) is 28.3. The summed E-state index contributed by atoms with van der Waals surface area (Å²) in [5.41, 5.74) is 5.66. The van der Waals surface area contributed by atoms with E-state index in [1.165, 1.54) is 0 Å². The minimum absolute atomic E-state index is 0.413. The fourth-order valence-electron chi connectivity index (χ4n) is 1.36. The lowest BCUT2D eigenvalue weighted by atomic mass is 9.89. The molecule has 0 aromatic carbocycles. The second kappa shape index (κ2) is 5.07. The van der Waals surface area contributed by atoms with E-state index in [9.17, 15) is 0 Å². The predicted octanol–water partition coefficient (Wildman–Crippen LogP) is 0.478. The molecule has 1 aliphatic carbocycles. The smallest absolute Gasteiger partial charge is 0.188 e. The molecule has 0 amide bonds. The summed E-state index contributed by atoms with van der Waals surface area (Å²) in [7, 11) is 1.75. The van der Waals surface area contributed by atoms with Crippen LogP contribution >= 0.6 is 0 Å². The number of nitrogens with one attached hydrogen (secondary N) is 1. The number of hydrogen-bond acceptors (Lipinski definition) is 2. The van der Waals surface area contributed by atoms with E-state index in [2.05, 4.69) is 17.2 Å². The standard InChI is InChI=1S/C9H19N3O/c1-3-4-11-9(10)12-7-5-8(6-7)13-2/h7-8H,3-6H2,1-2H3,(H3,10,11,12). The highest BCUT2D eigenvalue weighted by molar-refractivity contribution is 5.78. The van der Waals surface area contributed by atoms with Gasteiger partial charge in [-0.05, 0) is 19.3 Å². The number of hydrogen-bond donors (Lipinski definition) is 2. The molecule has 0 unspecified atom stereocenters. The van der Waals surface area contributed by atoms with E-state index < -0.39 is 0 Å². The average Bonchev–Trinajstić information content (AvgIpc) is 2.07. The van der Waals surface area contributed by atoms with E-state index in [1.807, 2.05) is 0 Å². The third kappa shape index (κ3) is 3.22. The van der Waals surface area contributed by atoms with Crippen LogP contribution in [0.2, 0.25) is 0 Å². The van der Waals surface area contributed by atoms with Crippen molar-refractivity contribution < 1.29 is 4.74 Å².